The summed E-state index contributed by atoms with van der Waals surface area (Å²) in [6.07, 6.45) is 3.30. The maximum absolute atomic E-state index is 11.6. The van der Waals surface area contributed by atoms with Crippen molar-refractivity contribution in [3.05, 3.63) is 72.2 Å². The molecule has 0 aliphatic carbocycles. The van der Waals surface area contributed by atoms with Gasteiger partial charge in [-0.3, -0.25) is 4.79 Å². The molecular formula is C20H16N6O3. The van der Waals surface area contributed by atoms with Crippen molar-refractivity contribution in [3.63, 3.8) is 0 Å². The lowest BCUT2D eigenvalue weighted by Gasteiger charge is -2.03. The highest BCUT2D eigenvalue weighted by Gasteiger charge is 2.11. The number of carbonyl (C=O) groups excluding carboxylic acids is 1. The van der Waals surface area contributed by atoms with E-state index in [-0.39, 0.29) is 11.5 Å². The van der Waals surface area contributed by atoms with Crippen LogP contribution in [0, 0.1) is 0 Å². The average molecular weight is 388 g/mol. The normalized spacial score (nSPS) is 10.7. The van der Waals surface area contributed by atoms with Crippen molar-refractivity contribution in [1.82, 2.24) is 24.9 Å². The number of amides is 1. The summed E-state index contributed by atoms with van der Waals surface area (Å²) in [5.74, 6) is -0.866. The Morgan fingerprint density at radius 3 is 2.52 bits per heavy atom. The van der Waals surface area contributed by atoms with Gasteiger partial charge in [0.1, 0.15) is 5.69 Å². The number of nitrogens with one attached hydrogen (secondary N) is 2. The van der Waals surface area contributed by atoms with E-state index in [4.69, 9.17) is 5.11 Å². The van der Waals surface area contributed by atoms with Crippen LogP contribution in [-0.2, 0) is 0 Å². The smallest absolute Gasteiger partial charge is 0.335 e. The predicted molar refractivity (Wildman–Crippen MR) is 106 cm³/mol. The standard InChI is InChI=1S/C20H16N6O3/c1-21-18(27)16-9-8-14(11-22-16)23-20-24-17-15(3-2-10-26(17)25-20)12-4-6-13(7-5-12)19(28)29/h2-11H,1H3,(H,21,27)(H,23,25)(H,28,29). The fourth-order valence-corrected chi connectivity index (χ4v) is 2.84. The first-order valence-electron chi connectivity index (χ1n) is 8.69. The maximum Gasteiger partial charge on any atom is 0.335 e. The quantitative estimate of drug-likeness (QED) is 0.480. The topological polar surface area (TPSA) is 122 Å². The summed E-state index contributed by atoms with van der Waals surface area (Å²) in [7, 11) is 1.55. The van der Waals surface area contributed by atoms with E-state index in [1.807, 2.05) is 12.1 Å². The molecule has 4 rings (SSSR count). The van der Waals surface area contributed by atoms with Gasteiger partial charge >= 0.3 is 5.97 Å². The second-order valence-electron chi connectivity index (χ2n) is 6.14. The van der Waals surface area contributed by atoms with E-state index in [2.05, 4.69) is 25.7 Å². The minimum atomic E-state index is -0.972. The van der Waals surface area contributed by atoms with Gasteiger partial charge in [-0.05, 0) is 42.0 Å². The summed E-state index contributed by atoms with van der Waals surface area (Å²) in [6, 6.07) is 13.6. The van der Waals surface area contributed by atoms with Crippen LogP contribution in [0.2, 0.25) is 0 Å². The van der Waals surface area contributed by atoms with Gasteiger partial charge in [0.25, 0.3) is 5.91 Å². The number of nitrogens with zero attached hydrogens (tertiary/aromatic N) is 4. The number of anilines is 2. The summed E-state index contributed by atoms with van der Waals surface area (Å²) in [5.41, 5.74) is 3.44. The number of hydrogen-bond donors (Lipinski definition) is 3. The second-order valence-corrected chi connectivity index (χ2v) is 6.14. The highest BCUT2D eigenvalue weighted by atomic mass is 16.4. The summed E-state index contributed by atoms with van der Waals surface area (Å²) in [5, 5.41) is 19.1. The molecule has 9 nitrogen and oxygen atoms in total. The molecule has 0 spiro atoms. The van der Waals surface area contributed by atoms with E-state index in [1.165, 1.54) is 6.20 Å². The van der Waals surface area contributed by atoms with Crippen LogP contribution in [0.1, 0.15) is 20.8 Å². The first-order valence-corrected chi connectivity index (χ1v) is 8.69. The minimum absolute atomic E-state index is 0.220. The van der Waals surface area contributed by atoms with Crippen molar-refractivity contribution in [1.29, 1.82) is 0 Å². The third kappa shape index (κ3) is 3.61. The van der Waals surface area contributed by atoms with Crippen LogP contribution >= 0.6 is 0 Å². The summed E-state index contributed by atoms with van der Waals surface area (Å²) in [4.78, 5) is 31.3. The number of rotatable bonds is 5. The first kappa shape index (κ1) is 18.1. The zero-order valence-corrected chi connectivity index (χ0v) is 15.3. The van der Waals surface area contributed by atoms with E-state index < -0.39 is 5.97 Å². The van der Waals surface area contributed by atoms with Gasteiger partial charge in [0, 0.05) is 18.8 Å². The van der Waals surface area contributed by atoms with Crippen molar-refractivity contribution >= 4 is 29.2 Å². The maximum atomic E-state index is 11.6. The average Bonchev–Trinajstić information content (AvgIpc) is 3.16. The monoisotopic (exact) mass is 388 g/mol. The molecule has 144 valence electrons. The van der Waals surface area contributed by atoms with E-state index in [0.717, 1.165) is 11.1 Å². The van der Waals surface area contributed by atoms with Gasteiger partial charge in [0.05, 0.1) is 17.4 Å². The number of benzene rings is 1. The Hall–Kier alpha value is -4.27. The number of carboxylic acid groups (broad SMARTS) is 1. The molecule has 1 amide bonds. The number of aromatic carboxylic acids is 1. The lowest BCUT2D eigenvalue weighted by molar-refractivity contribution is 0.0696. The molecule has 9 heteroatoms. The van der Waals surface area contributed by atoms with Crippen LogP contribution in [0.15, 0.2) is 60.9 Å². The first-order chi connectivity index (χ1) is 14.0. The van der Waals surface area contributed by atoms with E-state index in [0.29, 0.717) is 23.0 Å². The Bertz CT molecular complexity index is 1200. The number of carboxylic acids is 1. The molecule has 4 aromatic rings. The van der Waals surface area contributed by atoms with Crippen molar-refractivity contribution in [2.45, 2.75) is 0 Å². The van der Waals surface area contributed by atoms with Crippen LogP contribution in [-0.4, -0.2) is 43.6 Å². The van der Waals surface area contributed by atoms with Crippen LogP contribution < -0.4 is 10.6 Å². The zero-order valence-electron chi connectivity index (χ0n) is 15.3. The van der Waals surface area contributed by atoms with Gasteiger partial charge in [-0.1, -0.05) is 12.1 Å². The molecule has 0 unspecified atom stereocenters. The number of fused-ring (bicyclic) bond motifs is 1. The molecule has 1 aromatic carbocycles. The molecule has 0 saturated heterocycles. The van der Waals surface area contributed by atoms with Gasteiger partial charge in [-0.2, -0.15) is 4.98 Å². The highest BCUT2D eigenvalue weighted by molar-refractivity contribution is 5.92. The number of pyridine rings is 2. The molecule has 0 atom stereocenters. The van der Waals surface area contributed by atoms with Gasteiger partial charge < -0.3 is 15.7 Å². The lowest BCUT2D eigenvalue weighted by atomic mass is 10.1. The molecule has 29 heavy (non-hydrogen) atoms. The molecule has 3 heterocycles. The van der Waals surface area contributed by atoms with Crippen molar-refractivity contribution in [2.24, 2.45) is 0 Å². The summed E-state index contributed by atoms with van der Waals surface area (Å²) in [6.45, 7) is 0. The molecule has 0 aliphatic rings. The molecule has 3 aromatic heterocycles. The van der Waals surface area contributed by atoms with E-state index in [9.17, 15) is 9.59 Å². The lowest BCUT2D eigenvalue weighted by Crippen LogP contribution is -2.18. The van der Waals surface area contributed by atoms with Crippen LogP contribution in [0.5, 0.6) is 0 Å². The molecule has 0 fully saturated rings. The fraction of sp³-hybridized carbons (Fsp3) is 0.0500. The summed E-state index contributed by atoms with van der Waals surface area (Å²) >= 11 is 0. The summed E-state index contributed by atoms with van der Waals surface area (Å²) < 4.78 is 1.63. The SMILES string of the molecule is CNC(=O)c1ccc(Nc2nc3c(-c4ccc(C(=O)O)cc4)cccn3n2)cn1. The number of carbonyl (C=O) groups is 2. The highest BCUT2D eigenvalue weighted by Crippen LogP contribution is 2.25. The van der Waals surface area contributed by atoms with Crippen molar-refractivity contribution in [3.8, 4) is 11.1 Å². The molecule has 0 aliphatic heterocycles. The Morgan fingerprint density at radius 2 is 1.86 bits per heavy atom. The van der Waals surface area contributed by atoms with E-state index >= 15 is 0 Å². The Labute approximate surface area is 165 Å². The molecule has 3 N–H and O–H groups in total. The number of aromatic nitrogens is 4. The van der Waals surface area contributed by atoms with Gasteiger partial charge in [0.2, 0.25) is 5.95 Å². The molecule has 0 bridgehead atoms. The van der Waals surface area contributed by atoms with E-state index in [1.54, 1.807) is 54.2 Å². The third-order valence-corrected chi connectivity index (χ3v) is 4.28. The van der Waals surface area contributed by atoms with Gasteiger partial charge in [-0.25, -0.2) is 14.3 Å². The van der Waals surface area contributed by atoms with Crippen LogP contribution in [0.3, 0.4) is 0 Å². The van der Waals surface area contributed by atoms with Gasteiger partial charge in [0.15, 0.2) is 5.65 Å². The van der Waals surface area contributed by atoms with Crippen molar-refractivity contribution in [2.75, 3.05) is 12.4 Å². The largest absolute Gasteiger partial charge is 0.478 e. The molecular weight excluding hydrogens is 372 g/mol. The second kappa shape index (κ2) is 7.39. The van der Waals surface area contributed by atoms with Crippen molar-refractivity contribution < 1.29 is 14.7 Å². The minimum Gasteiger partial charge on any atom is -0.478 e. The molecule has 0 saturated carbocycles. The third-order valence-electron chi connectivity index (χ3n) is 4.28. The Kier molecular flexibility index (Phi) is 4.62. The fourth-order valence-electron chi connectivity index (χ4n) is 2.84. The zero-order chi connectivity index (χ0) is 20.4. The Balaban J connectivity index is 1.64. The van der Waals surface area contributed by atoms with Gasteiger partial charge in [-0.15, -0.1) is 5.10 Å². The van der Waals surface area contributed by atoms with Crippen LogP contribution in [0.25, 0.3) is 16.8 Å². The van der Waals surface area contributed by atoms with Crippen LogP contribution in [0.4, 0.5) is 11.6 Å². The number of hydrogen-bond acceptors (Lipinski definition) is 6. The Morgan fingerprint density at radius 1 is 1.07 bits per heavy atom. The predicted octanol–water partition coefficient (Wildman–Crippen LogP) is 2.59. The molecule has 0 radical (unpaired) electrons.